The van der Waals surface area contributed by atoms with E-state index in [1.807, 2.05) is 0 Å². The molecule has 0 unspecified atom stereocenters. The maximum absolute atomic E-state index is 12.9. The number of hydrogen-bond acceptors (Lipinski definition) is 4. The molecule has 0 saturated carbocycles. The van der Waals surface area contributed by atoms with Gasteiger partial charge in [-0.05, 0) is 37.2 Å². The molecule has 23 heavy (non-hydrogen) atoms. The Labute approximate surface area is 141 Å². The minimum absolute atomic E-state index is 0. The quantitative estimate of drug-likeness (QED) is 0.837. The average Bonchev–Trinajstić information content (AvgIpc) is 2.53. The van der Waals surface area contributed by atoms with E-state index in [0.29, 0.717) is 32.5 Å². The second kappa shape index (κ2) is 8.58. The molecule has 1 fully saturated rings. The molecule has 1 aromatic rings. The Morgan fingerprint density at radius 2 is 1.70 bits per heavy atom. The first kappa shape index (κ1) is 19.8. The number of carbonyl (C=O) groups excluding carboxylic acids is 1. The molecule has 6 nitrogen and oxygen atoms in total. The number of amides is 1. The third-order valence-electron chi connectivity index (χ3n) is 3.64. The van der Waals surface area contributed by atoms with Crippen LogP contribution in [-0.4, -0.2) is 56.3 Å². The standard InChI is InChI=1S/C14H20FN3O3S.ClH/c15-12-3-5-13(6-4-12)22(20,21)18-10-8-17(9-11-18)14(19)2-1-7-16;/h3-6H,1-2,7-11,16H2;1H. The van der Waals surface area contributed by atoms with Crippen molar-refractivity contribution in [1.82, 2.24) is 9.21 Å². The Morgan fingerprint density at radius 1 is 1.13 bits per heavy atom. The molecule has 1 aliphatic heterocycles. The highest BCUT2D eigenvalue weighted by Gasteiger charge is 2.29. The SMILES string of the molecule is Cl.NCCCC(=O)N1CCN(S(=O)(=O)c2ccc(F)cc2)CC1. The van der Waals surface area contributed by atoms with Gasteiger partial charge in [-0.2, -0.15) is 4.31 Å². The van der Waals surface area contributed by atoms with Crippen LogP contribution in [-0.2, 0) is 14.8 Å². The van der Waals surface area contributed by atoms with E-state index in [4.69, 9.17) is 5.73 Å². The van der Waals surface area contributed by atoms with Crippen LogP contribution < -0.4 is 5.73 Å². The molecular formula is C14H21ClFN3O3S. The van der Waals surface area contributed by atoms with E-state index < -0.39 is 15.8 Å². The fourth-order valence-electron chi connectivity index (χ4n) is 2.34. The fourth-order valence-corrected chi connectivity index (χ4v) is 3.77. The van der Waals surface area contributed by atoms with E-state index in [1.54, 1.807) is 4.90 Å². The summed E-state index contributed by atoms with van der Waals surface area (Å²) in [5.41, 5.74) is 5.38. The molecule has 1 heterocycles. The van der Waals surface area contributed by atoms with Crippen LogP contribution in [0.5, 0.6) is 0 Å². The summed E-state index contributed by atoms with van der Waals surface area (Å²) in [5.74, 6) is -0.474. The van der Waals surface area contributed by atoms with E-state index in [9.17, 15) is 17.6 Å². The molecule has 0 bridgehead atoms. The van der Waals surface area contributed by atoms with Crippen LogP contribution >= 0.6 is 12.4 Å². The Morgan fingerprint density at radius 3 is 2.22 bits per heavy atom. The Kier molecular flexibility index (Phi) is 7.40. The molecule has 2 N–H and O–H groups in total. The minimum Gasteiger partial charge on any atom is -0.340 e. The first-order valence-electron chi connectivity index (χ1n) is 7.18. The predicted molar refractivity (Wildman–Crippen MR) is 87.3 cm³/mol. The zero-order valence-electron chi connectivity index (χ0n) is 12.7. The summed E-state index contributed by atoms with van der Waals surface area (Å²) in [6, 6.07) is 4.76. The van der Waals surface area contributed by atoms with Crippen molar-refractivity contribution >= 4 is 28.3 Å². The van der Waals surface area contributed by atoms with Crippen LogP contribution in [0.1, 0.15) is 12.8 Å². The van der Waals surface area contributed by atoms with E-state index in [0.717, 1.165) is 12.1 Å². The first-order chi connectivity index (χ1) is 10.4. The van der Waals surface area contributed by atoms with Crippen LogP contribution in [0.15, 0.2) is 29.2 Å². The Hall–Kier alpha value is -1.22. The minimum atomic E-state index is -3.64. The van der Waals surface area contributed by atoms with Gasteiger partial charge in [0.05, 0.1) is 4.90 Å². The normalized spacial score (nSPS) is 16.0. The number of hydrogen-bond donors (Lipinski definition) is 1. The number of carbonyl (C=O) groups is 1. The lowest BCUT2D eigenvalue weighted by Gasteiger charge is -2.34. The number of sulfonamides is 1. The molecule has 130 valence electrons. The second-order valence-electron chi connectivity index (χ2n) is 5.13. The maximum atomic E-state index is 12.9. The van der Waals surface area contributed by atoms with Gasteiger partial charge in [-0.3, -0.25) is 4.79 Å². The van der Waals surface area contributed by atoms with Crippen LogP contribution in [0.4, 0.5) is 4.39 Å². The second-order valence-corrected chi connectivity index (χ2v) is 7.07. The molecule has 1 aromatic carbocycles. The summed E-state index contributed by atoms with van der Waals surface area (Å²) in [4.78, 5) is 13.6. The summed E-state index contributed by atoms with van der Waals surface area (Å²) in [5, 5.41) is 0. The molecule has 1 aliphatic rings. The molecular weight excluding hydrogens is 345 g/mol. The van der Waals surface area contributed by atoms with Crippen LogP contribution in [0, 0.1) is 5.82 Å². The maximum Gasteiger partial charge on any atom is 0.243 e. The summed E-state index contributed by atoms with van der Waals surface area (Å²) < 4.78 is 39.1. The number of benzene rings is 1. The predicted octanol–water partition coefficient (Wildman–Crippen LogP) is 0.819. The zero-order chi connectivity index (χ0) is 16.2. The van der Waals surface area contributed by atoms with Crippen LogP contribution in [0.2, 0.25) is 0 Å². The molecule has 1 amide bonds. The molecule has 0 aliphatic carbocycles. The molecule has 0 radical (unpaired) electrons. The zero-order valence-corrected chi connectivity index (χ0v) is 14.3. The molecule has 9 heteroatoms. The summed E-state index contributed by atoms with van der Waals surface area (Å²) >= 11 is 0. The fraction of sp³-hybridized carbons (Fsp3) is 0.500. The molecule has 2 rings (SSSR count). The van der Waals surface area contributed by atoms with Gasteiger partial charge in [0, 0.05) is 32.6 Å². The third kappa shape index (κ3) is 4.87. The highest BCUT2D eigenvalue weighted by Crippen LogP contribution is 2.18. The van der Waals surface area contributed by atoms with Crippen molar-refractivity contribution in [3.63, 3.8) is 0 Å². The first-order valence-corrected chi connectivity index (χ1v) is 8.62. The van der Waals surface area contributed by atoms with E-state index in [1.165, 1.54) is 16.4 Å². The molecule has 0 atom stereocenters. The number of nitrogens with two attached hydrogens (primary N) is 1. The Balaban J connectivity index is 0.00000264. The lowest BCUT2D eigenvalue weighted by molar-refractivity contribution is -0.132. The highest BCUT2D eigenvalue weighted by molar-refractivity contribution is 7.89. The number of piperazine rings is 1. The van der Waals surface area contributed by atoms with Crippen molar-refractivity contribution in [2.75, 3.05) is 32.7 Å². The summed E-state index contributed by atoms with van der Waals surface area (Å²) in [6.45, 7) is 1.68. The monoisotopic (exact) mass is 365 g/mol. The van der Waals surface area contributed by atoms with Crippen molar-refractivity contribution in [2.24, 2.45) is 5.73 Å². The van der Waals surface area contributed by atoms with Crippen molar-refractivity contribution in [1.29, 1.82) is 0 Å². The molecule has 1 saturated heterocycles. The third-order valence-corrected chi connectivity index (χ3v) is 5.55. The lowest BCUT2D eigenvalue weighted by atomic mass is 10.2. The number of nitrogens with zero attached hydrogens (tertiary/aromatic N) is 2. The topological polar surface area (TPSA) is 83.7 Å². The van der Waals surface area contributed by atoms with Gasteiger partial charge < -0.3 is 10.6 Å². The largest absolute Gasteiger partial charge is 0.340 e. The molecule has 0 spiro atoms. The van der Waals surface area contributed by atoms with Gasteiger partial charge in [0.1, 0.15) is 5.82 Å². The number of halogens is 2. The summed E-state index contributed by atoms with van der Waals surface area (Å²) in [7, 11) is -3.64. The van der Waals surface area contributed by atoms with Gasteiger partial charge >= 0.3 is 0 Å². The van der Waals surface area contributed by atoms with Crippen molar-refractivity contribution in [2.45, 2.75) is 17.7 Å². The van der Waals surface area contributed by atoms with Crippen LogP contribution in [0.3, 0.4) is 0 Å². The number of rotatable bonds is 5. The van der Waals surface area contributed by atoms with Crippen molar-refractivity contribution < 1.29 is 17.6 Å². The molecule has 0 aromatic heterocycles. The van der Waals surface area contributed by atoms with Gasteiger partial charge in [-0.1, -0.05) is 0 Å². The van der Waals surface area contributed by atoms with Gasteiger partial charge in [0.25, 0.3) is 0 Å². The van der Waals surface area contributed by atoms with Gasteiger partial charge in [0.2, 0.25) is 15.9 Å². The average molecular weight is 366 g/mol. The van der Waals surface area contributed by atoms with Crippen molar-refractivity contribution in [3.8, 4) is 0 Å². The van der Waals surface area contributed by atoms with E-state index in [-0.39, 0.29) is 36.3 Å². The van der Waals surface area contributed by atoms with Crippen LogP contribution in [0.25, 0.3) is 0 Å². The highest BCUT2D eigenvalue weighted by atomic mass is 35.5. The summed E-state index contributed by atoms with van der Waals surface area (Å²) in [6.07, 6.45) is 1.02. The van der Waals surface area contributed by atoms with Gasteiger partial charge in [-0.25, -0.2) is 12.8 Å². The van der Waals surface area contributed by atoms with Crippen molar-refractivity contribution in [3.05, 3.63) is 30.1 Å². The van der Waals surface area contributed by atoms with Gasteiger partial charge in [0.15, 0.2) is 0 Å². The Bertz CT molecular complexity index is 617. The van der Waals surface area contributed by atoms with E-state index >= 15 is 0 Å². The lowest BCUT2D eigenvalue weighted by Crippen LogP contribution is -2.50. The smallest absolute Gasteiger partial charge is 0.243 e. The van der Waals surface area contributed by atoms with Gasteiger partial charge in [-0.15, -0.1) is 12.4 Å². The van der Waals surface area contributed by atoms with E-state index in [2.05, 4.69) is 0 Å².